The van der Waals surface area contributed by atoms with Gasteiger partial charge in [0.1, 0.15) is 5.75 Å². The van der Waals surface area contributed by atoms with Crippen molar-refractivity contribution in [2.24, 2.45) is 11.8 Å². The van der Waals surface area contributed by atoms with Crippen molar-refractivity contribution in [3.8, 4) is 5.75 Å². The predicted octanol–water partition coefficient (Wildman–Crippen LogP) is 1.84. The first kappa shape index (κ1) is 14.5. The maximum atomic E-state index is 11.8. The minimum absolute atomic E-state index is 0.0272. The van der Waals surface area contributed by atoms with Crippen molar-refractivity contribution in [1.29, 1.82) is 0 Å². The van der Waals surface area contributed by atoms with E-state index in [-0.39, 0.29) is 18.4 Å². The first-order valence-corrected chi connectivity index (χ1v) is 6.47. The summed E-state index contributed by atoms with van der Waals surface area (Å²) in [5.74, 6) is -1.13. The average molecular weight is 271 g/mol. The molecule has 1 amide bonds. The molecule has 1 rings (SSSR count). The number of nitrogens with one attached hydrogen (secondary N) is 1. The molecule has 0 spiro atoms. The van der Waals surface area contributed by atoms with E-state index in [9.17, 15) is 9.59 Å². The lowest BCUT2D eigenvalue weighted by Gasteiger charge is -2.16. The van der Waals surface area contributed by atoms with Gasteiger partial charge in [0.05, 0.1) is 17.9 Å². The normalized spacial score (nSPS) is 12.2. The van der Waals surface area contributed by atoms with E-state index in [0.717, 1.165) is 0 Å². The Labute approximate surface area is 110 Å². The number of amides is 1. The number of carbonyl (C=O) groups excluding carboxylic acids is 1. The second-order valence-electron chi connectivity index (χ2n) is 4.25. The maximum Gasteiger partial charge on any atom is 0.308 e. The van der Waals surface area contributed by atoms with Crippen molar-refractivity contribution >= 4 is 23.2 Å². The summed E-state index contributed by atoms with van der Waals surface area (Å²) < 4.78 is 4.98. The fourth-order valence-electron chi connectivity index (χ4n) is 1.44. The van der Waals surface area contributed by atoms with E-state index in [1.165, 1.54) is 18.4 Å². The molecule has 5 nitrogen and oxygen atoms in total. The van der Waals surface area contributed by atoms with E-state index in [1.807, 2.05) is 13.8 Å². The highest BCUT2D eigenvalue weighted by molar-refractivity contribution is 7.12. The van der Waals surface area contributed by atoms with E-state index >= 15 is 0 Å². The molecule has 1 aromatic rings. The van der Waals surface area contributed by atoms with E-state index < -0.39 is 11.9 Å². The summed E-state index contributed by atoms with van der Waals surface area (Å²) >= 11 is 1.27. The van der Waals surface area contributed by atoms with Gasteiger partial charge in [-0.15, -0.1) is 11.3 Å². The monoisotopic (exact) mass is 271 g/mol. The zero-order valence-electron chi connectivity index (χ0n) is 10.6. The molecule has 0 bridgehead atoms. The van der Waals surface area contributed by atoms with Crippen molar-refractivity contribution in [2.75, 3.05) is 13.7 Å². The topological polar surface area (TPSA) is 75.6 Å². The van der Waals surface area contributed by atoms with Crippen LogP contribution >= 0.6 is 11.3 Å². The molecule has 6 heteroatoms. The molecule has 0 radical (unpaired) electrons. The molecule has 18 heavy (non-hydrogen) atoms. The van der Waals surface area contributed by atoms with Crippen LogP contribution in [0.5, 0.6) is 5.75 Å². The molecule has 2 N–H and O–H groups in total. The van der Waals surface area contributed by atoms with Gasteiger partial charge in [-0.05, 0) is 5.92 Å². The lowest BCUT2D eigenvalue weighted by atomic mass is 9.96. The van der Waals surface area contributed by atoms with Crippen molar-refractivity contribution in [3.05, 3.63) is 16.3 Å². The highest BCUT2D eigenvalue weighted by atomic mass is 32.1. The van der Waals surface area contributed by atoms with E-state index in [1.54, 1.807) is 11.4 Å². The molecular weight excluding hydrogens is 254 g/mol. The third-order valence-electron chi connectivity index (χ3n) is 2.64. The Morgan fingerprint density at radius 3 is 2.61 bits per heavy atom. The fourth-order valence-corrected chi connectivity index (χ4v) is 2.21. The summed E-state index contributed by atoms with van der Waals surface area (Å²) in [6.07, 6.45) is 0. The van der Waals surface area contributed by atoms with Crippen molar-refractivity contribution in [3.63, 3.8) is 0 Å². The molecule has 1 aromatic heterocycles. The number of aliphatic carboxylic acids is 1. The first-order valence-electron chi connectivity index (χ1n) is 5.59. The van der Waals surface area contributed by atoms with Crippen molar-refractivity contribution in [2.45, 2.75) is 13.8 Å². The molecule has 0 fully saturated rings. The molecular formula is C12H17NO4S. The van der Waals surface area contributed by atoms with Crippen LogP contribution in [0.3, 0.4) is 0 Å². The highest BCUT2D eigenvalue weighted by Gasteiger charge is 2.22. The van der Waals surface area contributed by atoms with Gasteiger partial charge >= 0.3 is 5.97 Å². The van der Waals surface area contributed by atoms with E-state index in [4.69, 9.17) is 9.84 Å². The molecule has 0 aliphatic rings. The SMILES string of the molecule is COc1csc(C(=O)NCC(C(=O)O)C(C)C)c1. The van der Waals surface area contributed by atoms with Gasteiger partial charge in [-0.1, -0.05) is 13.8 Å². The van der Waals surface area contributed by atoms with E-state index in [0.29, 0.717) is 10.6 Å². The number of carbonyl (C=O) groups is 2. The van der Waals surface area contributed by atoms with Crippen LogP contribution in [0.1, 0.15) is 23.5 Å². The minimum Gasteiger partial charge on any atom is -0.496 e. The zero-order valence-corrected chi connectivity index (χ0v) is 11.4. The van der Waals surface area contributed by atoms with Gasteiger partial charge in [-0.2, -0.15) is 0 Å². The Bertz CT molecular complexity index is 427. The summed E-state index contributed by atoms with van der Waals surface area (Å²) in [4.78, 5) is 23.3. The summed E-state index contributed by atoms with van der Waals surface area (Å²) in [5.41, 5.74) is 0. The van der Waals surface area contributed by atoms with E-state index in [2.05, 4.69) is 5.32 Å². The lowest BCUT2D eigenvalue weighted by Crippen LogP contribution is -2.35. The number of ether oxygens (including phenoxy) is 1. The summed E-state index contributed by atoms with van der Waals surface area (Å²) in [6, 6.07) is 1.63. The van der Waals surface area contributed by atoms with Crippen molar-refractivity contribution < 1.29 is 19.4 Å². The largest absolute Gasteiger partial charge is 0.496 e. The van der Waals surface area contributed by atoms with Gasteiger partial charge in [-0.25, -0.2) is 0 Å². The van der Waals surface area contributed by atoms with Crippen LogP contribution in [-0.2, 0) is 4.79 Å². The van der Waals surface area contributed by atoms with Crippen LogP contribution in [0, 0.1) is 11.8 Å². The Kier molecular flexibility index (Phi) is 5.15. The Balaban J connectivity index is 2.57. The first-order chi connectivity index (χ1) is 8.45. The third kappa shape index (κ3) is 3.73. The quantitative estimate of drug-likeness (QED) is 0.828. The van der Waals surface area contributed by atoms with Crippen LogP contribution in [0.25, 0.3) is 0 Å². The molecule has 0 aromatic carbocycles. The number of methoxy groups -OCH3 is 1. The van der Waals surface area contributed by atoms with Gasteiger partial charge in [0.2, 0.25) is 0 Å². The summed E-state index contributed by atoms with van der Waals surface area (Å²) in [5, 5.41) is 13.4. The minimum atomic E-state index is -0.894. The van der Waals surface area contributed by atoms with Gasteiger partial charge in [-0.3, -0.25) is 9.59 Å². The number of rotatable bonds is 6. The maximum absolute atomic E-state index is 11.8. The number of carboxylic acids is 1. The van der Waals surface area contributed by atoms with Gasteiger partial charge in [0.25, 0.3) is 5.91 Å². The number of thiophene rings is 1. The highest BCUT2D eigenvalue weighted by Crippen LogP contribution is 2.21. The standard InChI is InChI=1S/C12H17NO4S/c1-7(2)9(12(15)16)5-13-11(14)10-4-8(17-3)6-18-10/h4,6-7,9H,5H2,1-3H3,(H,13,14)(H,15,16). The predicted molar refractivity (Wildman–Crippen MR) is 69.2 cm³/mol. The Morgan fingerprint density at radius 2 is 2.17 bits per heavy atom. The van der Waals surface area contributed by atoms with Crippen LogP contribution < -0.4 is 10.1 Å². The molecule has 1 unspecified atom stereocenters. The molecule has 100 valence electrons. The van der Waals surface area contributed by atoms with Gasteiger partial charge in [0.15, 0.2) is 0 Å². The molecule has 0 aliphatic heterocycles. The summed E-state index contributed by atoms with van der Waals surface area (Å²) in [6.45, 7) is 3.77. The van der Waals surface area contributed by atoms with Gasteiger partial charge in [0, 0.05) is 18.0 Å². The Morgan fingerprint density at radius 1 is 1.50 bits per heavy atom. The fraction of sp³-hybridized carbons (Fsp3) is 0.500. The smallest absolute Gasteiger partial charge is 0.308 e. The molecule has 1 heterocycles. The van der Waals surface area contributed by atoms with Crippen LogP contribution in [0.2, 0.25) is 0 Å². The van der Waals surface area contributed by atoms with Gasteiger partial charge < -0.3 is 15.2 Å². The second kappa shape index (κ2) is 6.39. The lowest BCUT2D eigenvalue weighted by molar-refractivity contribution is -0.142. The molecule has 0 saturated heterocycles. The second-order valence-corrected chi connectivity index (χ2v) is 5.16. The zero-order chi connectivity index (χ0) is 13.7. The molecule has 0 aliphatic carbocycles. The number of carboxylic acid groups (broad SMARTS) is 1. The number of hydrogen-bond acceptors (Lipinski definition) is 4. The summed E-state index contributed by atoms with van der Waals surface area (Å²) in [7, 11) is 1.53. The van der Waals surface area contributed by atoms with Crippen molar-refractivity contribution in [1.82, 2.24) is 5.32 Å². The third-order valence-corrected chi connectivity index (χ3v) is 3.55. The molecule has 0 saturated carbocycles. The average Bonchev–Trinajstić information content (AvgIpc) is 2.76. The van der Waals surface area contributed by atoms with Crippen LogP contribution in [0.15, 0.2) is 11.4 Å². The Hall–Kier alpha value is -1.56. The molecule has 1 atom stereocenters. The van der Waals surface area contributed by atoms with Crippen LogP contribution in [-0.4, -0.2) is 30.6 Å². The van der Waals surface area contributed by atoms with Crippen LogP contribution in [0.4, 0.5) is 0 Å². The number of hydrogen-bond donors (Lipinski definition) is 2.